The molecule has 3 aromatic rings. The van der Waals surface area contributed by atoms with Gasteiger partial charge in [0.15, 0.2) is 5.65 Å². The van der Waals surface area contributed by atoms with Gasteiger partial charge in [-0.15, -0.1) is 0 Å². The van der Waals surface area contributed by atoms with Crippen molar-refractivity contribution in [3.8, 4) is 0 Å². The molecule has 0 aliphatic heterocycles. The van der Waals surface area contributed by atoms with E-state index >= 15 is 0 Å². The molecular weight excluding hydrogens is 366 g/mol. The van der Waals surface area contributed by atoms with Gasteiger partial charge in [-0.25, -0.2) is 9.50 Å². The number of nitrogens with zero attached hydrogens (tertiary/aromatic N) is 3. The van der Waals surface area contributed by atoms with Crippen LogP contribution in [0.5, 0.6) is 0 Å². The van der Waals surface area contributed by atoms with Gasteiger partial charge >= 0.3 is 0 Å². The first-order chi connectivity index (χ1) is 13.8. The maximum absolute atomic E-state index is 12.6. The van der Waals surface area contributed by atoms with Gasteiger partial charge in [0, 0.05) is 41.7 Å². The molecule has 7 nitrogen and oxygen atoms in total. The quantitative estimate of drug-likeness (QED) is 0.665. The zero-order valence-corrected chi connectivity index (χ0v) is 17.6. The first-order valence-corrected chi connectivity index (χ1v) is 9.81. The van der Waals surface area contributed by atoms with Gasteiger partial charge in [0.2, 0.25) is 11.8 Å². The summed E-state index contributed by atoms with van der Waals surface area (Å²) in [7, 11) is 0. The van der Waals surface area contributed by atoms with Crippen LogP contribution >= 0.6 is 0 Å². The normalized spacial score (nSPS) is 10.9. The average molecular weight is 393 g/mol. The van der Waals surface area contributed by atoms with Crippen molar-refractivity contribution < 1.29 is 9.59 Å². The van der Waals surface area contributed by atoms with Gasteiger partial charge in [0.25, 0.3) is 0 Å². The van der Waals surface area contributed by atoms with Gasteiger partial charge in [-0.3, -0.25) is 9.59 Å². The van der Waals surface area contributed by atoms with Crippen LogP contribution in [0.4, 0.5) is 11.4 Å². The van der Waals surface area contributed by atoms with Crippen LogP contribution in [0, 0.1) is 27.7 Å². The number of carbonyl (C=O) groups is 2. The summed E-state index contributed by atoms with van der Waals surface area (Å²) in [5.41, 5.74) is 7.03. The first-order valence-electron chi connectivity index (χ1n) is 9.81. The minimum atomic E-state index is -0.0809. The predicted molar refractivity (Wildman–Crippen MR) is 114 cm³/mol. The van der Waals surface area contributed by atoms with Crippen LogP contribution in [0.1, 0.15) is 48.0 Å². The van der Waals surface area contributed by atoms with Crippen molar-refractivity contribution in [2.24, 2.45) is 0 Å². The second-order valence-electron chi connectivity index (χ2n) is 7.30. The molecule has 2 heterocycles. The van der Waals surface area contributed by atoms with Crippen molar-refractivity contribution in [3.63, 3.8) is 0 Å². The van der Waals surface area contributed by atoms with E-state index < -0.39 is 0 Å². The summed E-state index contributed by atoms with van der Waals surface area (Å²) in [6, 6.07) is 7.45. The molecule has 0 saturated heterocycles. The molecule has 0 saturated carbocycles. The summed E-state index contributed by atoms with van der Waals surface area (Å²) in [5, 5.41) is 10.3. The minimum Gasteiger partial charge on any atom is -0.326 e. The smallest absolute Gasteiger partial charge is 0.224 e. The van der Waals surface area contributed by atoms with Crippen molar-refractivity contribution in [2.45, 2.75) is 53.9 Å². The predicted octanol–water partition coefficient (Wildman–Crippen LogP) is 3.88. The molecule has 29 heavy (non-hydrogen) atoms. The number of carbonyl (C=O) groups excluding carboxylic acids is 2. The van der Waals surface area contributed by atoms with E-state index in [4.69, 9.17) is 0 Å². The SMILES string of the molecule is CCC(=O)Nc1ccc(C)c(NC(=O)CCc2c(C)nc3cc(C)nn3c2C)c1. The molecular formula is C22H27N5O2. The van der Waals surface area contributed by atoms with Crippen molar-refractivity contribution in [2.75, 3.05) is 10.6 Å². The molecule has 0 aliphatic rings. The number of fused-ring (bicyclic) bond motifs is 1. The second-order valence-corrected chi connectivity index (χ2v) is 7.30. The summed E-state index contributed by atoms with van der Waals surface area (Å²) in [5.74, 6) is -0.142. The van der Waals surface area contributed by atoms with Crippen LogP contribution in [0.15, 0.2) is 24.3 Å². The third-order valence-corrected chi connectivity index (χ3v) is 5.00. The lowest BCUT2D eigenvalue weighted by Crippen LogP contribution is -2.15. The van der Waals surface area contributed by atoms with Gasteiger partial charge in [0.05, 0.1) is 5.69 Å². The van der Waals surface area contributed by atoms with E-state index in [1.165, 1.54) is 0 Å². The molecule has 3 rings (SSSR count). The molecule has 2 N–H and O–H groups in total. The standard InChI is InChI=1S/C22H27N5O2/c1-6-21(28)24-17-8-7-13(2)19(12-17)25-22(29)10-9-18-15(4)23-20-11-14(3)26-27(20)16(18)5/h7-8,11-12H,6,9-10H2,1-5H3,(H,24,28)(H,25,29). The highest BCUT2D eigenvalue weighted by Gasteiger charge is 2.13. The van der Waals surface area contributed by atoms with E-state index in [1.807, 2.05) is 50.4 Å². The summed E-state index contributed by atoms with van der Waals surface area (Å²) in [6.45, 7) is 9.63. The molecule has 0 fully saturated rings. The van der Waals surface area contributed by atoms with Crippen LogP contribution < -0.4 is 10.6 Å². The lowest BCUT2D eigenvalue weighted by Gasteiger charge is -2.13. The molecule has 0 aliphatic carbocycles. The van der Waals surface area contributed by atoms with Crippen molar-refractivity contribution in [3.05, 3.63) is 52.5 Å². The number of nitrogens with one attached hydrogen (secondary N) is 2. The molecule has 1 aromatic carbocycles. The van der Waals surface area contributed by atoms with Crippen LogP contribution in [0.3, 0.4) is 0 Å². The third kappa shape index (κ3) is 4.62. The lowest BCUT2D eigenvalue weighted by molar-refractivity contribution is -0.116. The Morgan fingerprint density at radius 3 is 2.52 bits per heavy atom. The molecule has 7 heteroatoms. The highest BCUT2D eigenvalue weighted by Crippen LogP contribution is 2.22. The molecule has 0 bridgehead atoms. The molecule has 2 aromatic heterocycles. The van der Waals surface area contributed by atoms with Gasteiger partial charge in [-0.2, -0.15) is 5.10 Å². The molecule has 0 spiro atoms. The Labute approximate surface area is 170 Å². The van der Waals surface area contributed by atoms with Gasteiger partial charge in [-0.1, -0.05) is 13.0 Å². The highest BCUT2D eigenvalue weighted by atomic mass is 16.2. The van der Waals surface area contributed by atoms with E-state index in [0.717, 1.165) is 33.9 Å². The molecule has 0 unspecified atom stereocenters. The number of amides is 2. The fourth-order valence-electron chi connectivity index (χ4n) is 3.34. The van der Waals surface area contributed by atoms with Crippen molar-refractivity contribution >= 4 is 28.8 Å². The minimum absolute atomic E-state index is 0.0613. The molecule has 2 amide bonds. The van der Waals surface area contributed by atoms with Crippen molar-refractivity contribution in [1.82, 2.24) is 14.6 Å². The van der Waals surface area contributed by atoms with Crippen LogP contribution in [-0.4, -0.2) is 26.4 Å². The maximum atomic E-state index is 12.6. The lowest BCUT2D eigenvalue weighted by atomic mass is 10.1. The largest absolute Gasteiger partial charge is 0.326 e. The number of hydrogen-bond donors (Lipinski definition) is 2. The number of hydrogen-bond acceptors (Lipinski definition) is 4. The van der Waals surface area contributed by atoms with E-state index in [2.05, 4.69) is 20.7 Å². The van der Waals surface area contributed by atoms with Crippen LogP contribution in [-0.2, 0) is 16.0 Å². The van der Waals surface area contributed by atoms with Crippen LogP contribution in [0.25, 0.3) is 5.65 Å². The third-order valence-electron chi connectivity index (χ3n) is 5.00. The van der Waals surface area contributed by atoms with Gasteiger partial charge < -0.3 is 10.6 Å². The number of anilines is 2. The average Bonchev–Trinajstić information content (AvgIpc) is 3.04. The van der Waals surface area contributed by atoms with Crippen molar-refractivity contribution in [1.29, 1.82) is 0 Å². The Balaban J connectivity index is 1.71. The Morgan fingerprint density at radius 2 is 1.79 bits per heavy atom. The Morgan fingerprint density at radius 1 is 1.03 bits per heavy atom. The van der Waals surface area contributed by atoms with E-state index in [0.29, 0.717) is 30.6 Å². The molecule has 152 valence electrons. The number of aryl methyl sites for hydroxylation is 4. The van der Waals surface area contributed by atoms with Crippen LogP contribution in [0.2, 0.25) is 0 Å². The zero-order valence-electron chi connectivity index (χ0n) is 17.6. The van der Waals surface area contributed by atoms with E-state index in [-0.39, 0.29) is 11.8 Å². The van der Waals surface area contributed by atoms with Gasteiger partial charge in [-0.05, 0) is 57.4 Å². The summed E-state index contributed by atoms with van der Waals surface area (Å²) in [6.07, 6.45) is 1.32. The summed E-state index contributed by atoms with van der Waals surface area (Å²) >= 11 is 0. The monoisotopic (exact) mass is 393 g/mol. The highest BCUT2D eigenvalue weighted by molar-refractivity contribution is 5.94. The first kappa shape index (κ1) is 20.5. The molecule has 0 radical (unpaired) electrons. The molecule has 0 atom stereocenters. The Kier molecular flexibility index (Phi) is 5.96. The second kappa shape index (κ2) is 8.43. The summed E-state index contributed by atoms with van der Waals surface area (Å²) < 4.78 is 1.83. The van der Waals surface area contributed by atoms with E-state index in [9.17, 15) is 9.59 Å². The van der Waals surface area contributed by atoms with E-state index in [1.54, 1.807) is 13.0 Å². The summed E-state index contributed by atoms with van der Waals surface area (Å²) in [4.78, 5) is 28.8. The maximum Gasteiger partial charge on any atom is 0.224 e. The Hall–Kier alpha value is -3.22. The fourth-order valence-corrected chi connectivity index (χ4v) is 3.34. The number of aromatic nitrogens is 3. The number of benzene rings is 1. The topological polar surface area (TPSA) is 88.4 Å². The Bertz CT molecular complexity index is 1080. The zero-order chi connectivity index (χ0) is 21.1. The fraction of sp³-hybridized carbons (Fsp3) is 0.364. The number of rotatable bonds is 6. The van der Waals surface area contributed by atoms with Gasteiger partial charge in [0.1, 0.15) is 0 Å².